The summed E-state index contributed by atoms with van der Waals surface area (Å²) >= 11 is 0. The topological polar surface area (TPSA) is 54.1 Å². The molecule has 0 aromatic carbocycles. The predicted molar refractivity (Wildman–Crippen MR) is 79.9 cm³/mol. The third-order valence-electron chi connectivity index (χ3n) is 4.25. The summed E-state index contributed by atoms with van der Waals surface area (Å²) in [4.78, 5) is 15.0. The van der Waals surface area contributed by atoms with Gasteiger partial charge in [-0.05, 0) is 44.7 Å². The predicted octanol–water partition coefficient (Wildman–Crippen LogP) is 3.23. The number of hydrogen-bond acceptors (Lipinski definition) is 3. The molecule has 1 aromatic heterocycles. The van der Waals surface area contributed by atoms with Crippen molar-refractivity contribution in [1.29, 1.82) is 0 Å². The highest BCUT2D eigenvalue weighted by molar-refractivity contribution is 5.89. The molecule has 1 aliphatic rings. The lowest BCUT2D eigenvalue weighted by molar-refractivity contribution is 0.0519. The molecule has 1 aliphatic carbocycles. The molecule has 0 radical (unpaired) electrons. The van der Waals surface area contributed by atoms with Crippen LogP contribution < -0.4 is 5.32 Å². The van der Waals surface area contributed by atoms with E-state index in [-0.39, 0.29) is 5.97 Å². The van der Waals surface area contributed by atoms with Crippen LogP contribution in [0.3, 0.4) is 0 Å². The summed E-state index contributed by atoms with van der Waals surface area (Å²) in [5.74, 6) is -0.253. The first kappa shape index (κ1) is 15.1. The van der Waals surface area contributed by atoms with Gasteiger partial charge in [0.15, 0.2) is 0 Å². The van der Waals surface area contributed by atoms with Crippen LogP contribution in [0, 0.1) is 13.8 Å². The van der Waals surface area contributed by atoms with E-state index < -0.39 is 0 Å². The number of H-pyrrole nitrogens is 1. The molecule has 2 N–H and O–H groups in total. The van der Waals surface area contributed by atoms with Crippen molar-refractivity contribution in [1.82, 2.24) is 10.3 Å². The van der Waals surface area contributed by atoms with Crippen LogP contribution in [0.5, 0.6) is 0 Å². The Labute approximate surface area is 121 Å². The lowest BCUT2D eigenvalue weighted by atomic mass is 9.95. The second-order valence-electron chi connectivity index (χ2n) is 5.66. The van der Waals surface area contributed by atoms with Crippen molar-refractivity contribution >= 4 is 5.97 Å². The van der Waals surface area contributed by atoms with Gasteiger partial charge < -0.3 is 15.0 Å². The molecule has 1 fully saturated rings. The molecule has 0 bridgehead atoms. The molecule has 4 nitrogen and oxygen atoms in total. The SMILES string of the molecule is CCOC(=O)c1[nH]c(C)c(CNC2CCCCC2)c1C. The standard InChI is InChI=1S/C16H26N2O2/c1-4-20-16(19)15-11(2)14(12(3)18-15)10-17-13-8-6-5-7-9-13/h13,17-18H,4-10H2,1-3H3. The third kappa shape index (κ3) is 3.42. The number of hydrogen-bond donors (Lipinski definition) is 2. The first-order valence-electron chi connectivity index (χ1n) is 7.72. The molecule has 2 rings (SSSR count). The van der Waals surface area contributed by atoms with Gasteiger partial charge >= 0.3 is 5.97 Å². The van der Waals surface area contributed by atoms with Gasteiger partial charge in [0.2, 0.25) is 0 Å². The Morgan fingerprint density at radius 2 is 2.00 bits per heavy atom. The minimum atomic E-state index is -0.253. The minimum absolute atomic E-state index is 0.253. The molecule has 1 saturated carbocycles. The van der Waals surface area contributed by atoms with Gasteiger partial charge in [-0.3, -0.25) is 0 Å². The van der Waals surface area contributed by atoms with Crippen LogP contribution in [0.15, 0.2) is 0 Å². The van der Waals surface area contributed by atoms with Crippen LogP contribution in [-0.4, -0.2) is 23.6 Å². The fraction of sp³-hybridized carbons (Fsp3) is 0.688. The second kappa shape index (κ2) is 6.93. The van der Waals surface area contributed by atoms with Crippen LogP contribution in [0.2, 0.25) is 0 Å². The van der Waals surface area contributed by atoms with E-state index in [1.54, 1.807) is 0 Å². The Balaban J connectivity index is 2.02. The molecule has 4 heteroatoms. The van der Waals surface area contributed by atoms with E-state index in [2.05, 4.69) is 10.3 Å². The third-order valence-corrected chi connectivity index (χ3v) is 4.25. The van der Waals surface area contributed by atoms with Gasteiger partial charge in [-0.1, -0.05) is 19.3 Å². The van der Waals surface area contributed by atoms with E-state index in [9.17, 15) is 4.79 Å². The summed E-state index contributed by atoms with van der Waals surface area (Å²) in [7, 11) is 0. The number of aromatic nitrogens is 1. The Kier molecular flexibility index (Phi) is 5.24. The molecule has 1 aromatic rings. The number of esters is 1. The molecule has 112 valence electrons. The van der Waals surface area contributed by atoms with E-state index in [0.29, 0.717) is 18.3 Å². The van der Waals surface area contributed by atoms with Crippen molar-refractivity contribution in [3.63, 3.8) is 0 Å². The fourth-order valence-electron chi connectivity index (χ4n) is 3.01. The van der Waals surface area contributed by atoms with Crippen molar-refractivity contribution in [3.8, 4) is 0 Å². The highest BCUT2D eigenvalue weighted by Crippen LogP contribution is 2.21. The molecule has 0 spiro atoms. The van der Waals surface area contributed by atoms with Gasteiger partial charge in [0, 0.05) is 18.3 Å². The van der Waals surface area contributed by atoms with E-state index >= 15 is 0 Å². The van der Waals surface area contributed by atoms with Crippen LogP contribution >= 0.6 is 0 Å². The van der Waals surface area contributed by atoms with Gasteiger partial charge in [0.05, 0.1) is 6.61 Å². The Bertz CT molecular complexity index is 459. The number of aryl methyl sites for hydroxylation is 1. The average molecular weight is 278 g/mol. The number of rotatable bonds is 5. The highest BCUT2D eigenvalue weighted by Gasteiger charge is 2.19. The summed E-state index contributed by atoms with van der Waals surface area (Å²) in [6.45, 7) is 7.08. The van der Waals surface area contributed by atoms with Gasteiger partial charge in [-0.25, -0.2) is 4.79 Å². The number of ether oxygens (including phenoxy) is 1. The molecular formula is C16H26N2O2. The van der Waals surface area contributed by atoms with Gasteiger partial charge in [0.25, 0.3) is 0 Å². The molecule has 0 unspecified atom stereocenters. The smallest absolute Gasteiger partial charge is 0.355 e. The number of carbonyl (C=O) groups is 1. The maximum absolute atomic E-state index is 11.9. The van der Waals surface area contributed by atoms with Crippen molar-refractivity contribution < 1.29 is 9.53 Å². The lowest BCUT2D eigenvalue weighted by Crippen LogP contribution is -2.30. The van der Waals surface area contributed by atoms with Crippen LogP contribution in [0.4, 0.5) is 0 Å². The molecule has 0 saturated heterocycles. The molecule has 0 amide bonds. The zero-order valence-corrected chi connectivity index (χ0v) is 12.8. The van der Waals surface area contributed by atoms with Crippen LogP contribution in [-0.2, 0) is 11.3 Å². The van der Waals surface area contributed by atoms with E-state index in [1.165, 1.54) is 37.7 Å². The van der Waals surface area contributed by atoms with E-state index in [1.807, 2.05) is 20.8 Å². The summed E-state index contributed by atoms with van der Waals surface area (Å²) in [5.41, 5.74) is 3.89. The van der Waals surface area contributed by atoms with Gasteiger partial charge in [-0.2, -0.15) is 0 Å². The highest BCUT2D eigenvalue weighted by atomic mass is 16.5. The fourth-order valence-corrected chi connectivity index (χ4v) is 3.01. The van der Waals surface area contributed by atoms with Crippen LogP contribution in [0.25, 0.3) is 0 Å². The van der Waals surface area contributed by atoms with Crippen molar-refractivity contribution in [2.45, 2.75) is 65.5 Å². The van der Waals surface area contributed by atoms with Gasteiger partial charge in [-0.15, -0.1) is 0 Å². The first-order chi connectivity index (χ1) is 9.63. The summed E-state index contributed by atoms with van der Waals surface area (Å²) in [6, 6.07) is 0.628. The maximum Gasteiger partial charge on any atom is 0.355 e. The lowest BCUT2D eigenvalue weighted by Gasteiger charge is -2.23. The van der Waals surface area contributed by atoms with E-state index in [4.69, 9.17) is 4.74 Å². The van der Waals surface area contributed by atoms with Crippen molar-refractivity contribution in [2.24, 2.45) is 0 Å². The molecule has 0 aliphatic heterocycles. The quantitative estimate of drug-likeness (QED) is 0.813. The Morgan fingerprint density at radius 1 is 1.30 bits per heavy atom. The summed E-state index contributed by atoms with van der Waals surface area (Å²) in [6.07, 6.45) is 6.57. The average Bonchev–Trinajstić information content (AvgIpc) is 2.73. The van der Waals surface area contributed by atoms with Gasteiger partial charge in [0.1, 0.15) is 5.69 Å². The largest absolute Gasteiger partial charge is 0.461 e. The summed E-state index contributed by atoms with van der Waals surface area (Å²) < 4.78 is 5.08. The number of aromatic amines is 1. The van der Waals surface area contributed by atoms with E-state index in [0.717, 1.165) is 17.8 Å². The monoisotopic (exact) mass is 278 g/mol. The second-order valence-corrected chi connectivity index (χ2v) is 5.66. The molecular weight excluding hydrogens is 252 g/mol. The summed E-state index contributed by atoms with van der Waals surface area (Å²) in [5, 5.41) is 3.63. The normalized spacial score (nSPS) is 16.4. The Hall–Kier alpha value is -1.29. The van der Waals surface area contributed by atoms with Crippen molar-refractivity contribution in [2.75, 3.05) is 6.61 Å². The minimum Gasteiger partial charge on any atom is -0.461 e. The van der Waals surface area contributed by atoms with Crippen LogP contribution in [0.1, 0.15) is 66.3 Å². The number of carbonyl (C=O) groups excluding carboxylic acids is 1. The molecule has 1 heterocycles. The van der Waals surface area contributed by atoms with Crippen molar-refractivity contribution in [3.05, 3.63) is 22.5 Å². The number of nitrogens with one attached hydrogen (secondary N) is 2. The zero-order chi connectivity index (χ0) is 14.5. The zero-order valence-electron chi connectivity index (χ0n) is 12.8. The first-order valence-corrected chi connectivity index (χ1v) is 7.72. The molecule has 20 heavy (non-hydrogen) atoms. The maximum atomic E-state index is 11.9. The Morgan fingerprint density at radius 3 is 2.65 bits per heavy atom. The molecule has 0 atom stereocenters.